The number of hydrogen-bond acceptors (Lipinski definition) is 3. The first-order valence-electron chi connectivity index (χ1n) is 13.9. The highest BCUT2D eigenvalue weighted by atomic mass is 19.1. The number of benzene rings is 2. The highest BCUT2D eigenvalue weighted by Crippen LogP contribution is 2.43. The molecule has 5 nitrogen and oxygen atoms in total. The lowest BCUT2D eigenvalue weighted by Crippen LogP contribution is -2.52. The molecule has 6 rings (SSSR count). The van der Waals surface area contributed by atoms with Crippen molar-refractivity contribution in [2.24, 2.45) is 0 Å². The molecule has 4 aromatic rings. The summed E-state index contributed by atoms with van der Waals surface area (Å²) in [7, 11) is 0. The van der Waals surface area contributed by atoms with Crippen molar-refractivity contribution in [1.82, 2.24) is 14.7 Å². The molecule has 1 unspecified atom stereocenters. The molecular formula is C34H34FN3O2. The molecule has 1 N–H and O–H groups in total. The van der Waals surface area contributed by atoms with Crippen LogP contribution in [0.15, 0.2) is 91.2 Å². The number of fused-ring (bicyclic) bond motifs is 1. The smallest absolute Gasteiger partial charge is 0.408 e. The van der Waals surface area contributed by atoms with Crippen LogP contribution in [0.4, 0.5) is 9.18 Å². The minimum Gasteiger partial charge on any atom is -0.444 e. The minimum absolute atomic E-state index is 0.157. The molecule has 0 bridgehead atoms. The Morgan fingerprint density at radius 2 is 1.85 bits per heavy atom. The predicted octanol–water partition coefficient (Wildman–Crippen LogP) is 8.31. The Morgan fingerprint density at radius 1 is 1.05 bits per heavy atom. The standard InChI is InChI=1S/C34H34FN3O2/c1-33(2,3)40-32(39)37-34(19-9-20-34)26-17-15-23(16-18-26)29-30(24-10-5-4-6-11-24)38-21-8-14-28(31(38)36-29)25-12-7-13-27(35)22-25/h4-8,10,12-18,21-22,24H,9,11,19-20H2,1-3H3,(H,37,39). The fourth-order valence-electron chi connectivity index (χ4n) is 5.78. The second-order valence-corrected chi connectivity index (χ2v) is 11.8. The number of allylic oxidation sites excluding steroid dienone is 4. The molecule has 2 heterocycles. The van der Waals surface area contributed by atoms with Crippen LogP contribution in [-0.4, -0.2) is 21.1 Å². The van der Waals surface area contributed by atoms with E-state index in [0.717, 1.165) is 65.0 Å². The fraction of sp³-hybridized carbons (Fsp3) is 0.294. The first kappa shape index (κ1) is 26.1. The van der Waals surface area contributed by atoms with Crippen LogP contribution in [0.5, 0.6) is 0 Å². The topological polar surface area (TPSA) is 55.6 Å². The van der Waals surface area contributed by atoms with E-state index in [0.29, 0.717) is 0 Å². The highest BCUT2D eigenvalue weighted by Gasteiger charge is 2.41. The van der Waals surface area contributed by atoms with Crippen LogP contribution in [0, 0.1) is 5.82 Å². The van der Waals surface area contributed by atoms with E-state index in [1.54, 1.807) is 12.1 Å². The van der Waals surface area contributed by atoms with Gasteiger partial charge in [-0.2, -0.15) is 0 Å². The number of hydrogen-bond donors (Lipinski definition) is 1. The van der Waals surface area contributed by atoms with Crippen molar-refractivity contribution < 1.29 is 13.9 Å². The molecule has 0 radical (unpaired) electrons. The van der Waals surface area contributed by atoms with Gasteiger partial charge in [0, 0.05) is 23.2 Å². The zero-order valence-corrected chi connectivity index (χ0v) is 23.2. The molecule has 1 fully saturated rings. The average Bonchev–Trinajstić information content (AvgIpc) is 3.30. The van der Waals surface area contributed by atoms with E-state index in [9.17, 15) is 9.18 Å². The van der Waals surface area contributed by atoms with E-state index in [4.69, 9.17) is 9.72 Å². The number of nitrogens with zero attached hydrogens (tertiary/aromatic N) is 2. The molecule has 2 aliphatic rings. The first-order valence-corrected chi connectivity index (χ1v) is 13.9. The third kappa shape index (κ3) is 4.94. The molecule has 6 heteroatoms. The van der Waals surface area contributed by atoms with Crippen LogP contribution < -0.4 is 5.32 Å². The Labute approximate surface area is 234 Å². The number of amides is 1. The van der Waals surface area contributed by atoms with Crippen LogP contribution in [0.2, 0.25) is 0 Å². The van der Waals surface area contributed by atoms with Gasteiger partial charge in [-0.05, 0) is 81.8 Å². The van der Waals surface area contributed by atoms with Gasteiger partial charge >= 0.3 is 6.09 Å². The summed E-state index contributed by atoms with van der Waals surface area (Å²) in [6, 6.07) is 19.0. The predicted molar refractivity (Wildman–Crippen MR) is 157 cm³/mol. The third-order valence-corrected chi connectivity index (χ3v) is 7.81. The van der Waals surface area contributed by atoms with Crippen molar-refractivity contribution in [2.75, 3.05) is 0 Å². The first-order chi connectivity index (χ1) is 19.2. The zero-order chi connectivity index (χ0) is 27.9. The molecular weight excluding hydrogens is 501 g/mol. The van der Waals surface area contributed by atoms with Crippen molar-refractivity contribution in [1.29, 1.82) is 0 Å². The van der Waals surface area contributed by atoms with Gasteiger partial charge in [0.2, 0.25) is 0 Å². The Kier molecular flexibility index (Phi) is 6.57. The summed E-state index contributed by atoms with van der Waals surface area (Å²) in [5, 5.41) is 3.15. The Bertz CT molecular complexity index is 1620. The normalized spacial score (nSPS) is 17.9. The maximum atomic E-state index is 14.1. The summed E-state index contributed by atoms with van der Waals surface area (Å²) in [6.45, 7) is 5.62. The van der Waals surface area contributed by atoms with Crippen molar-refractivity contribution in [3.63, 3.8) is 0 Å². The van der Waals surface area contributed by atoms with Crippen LogP contribution in [0.3, 0.4) is 0 Å². The van der Waals surface area contributed by atoms with E-state index in [1.807, 2.05) is 45.2 Å². The summed E-state index contributed by atoms with van der Waals surface area (Å²) in [4.78, 5) is 17.8. The Balaban J connectivity index is 1.41. The van der Waals surface area contributed by atoms with E-state index >= 15 is 0 Å². The number of halogens is 1. The molecule has 2 aromatic carbocycles. The lowest BCUT2D eigenvalue weighted by molar-refractivity contribution is 0.0377. The van der Waals surface area contributed by atoms with E-state index in [1.165, 1.54) is 6.07 Å². The molecule has 1 atom stereocenters. The average molecular weight is 536 g/mol. The van der Waals surface area contributed by atoms with Crippen molar-refractivity contribution in [3.8, 4) is 22.4 Å². The number of aromatic nitrogens is 2. The van der Waals surface area contributed by atoms with Crippen molar-refractivity contribution in [3.05, 3.63) is 108 Å². The summed E-state index contributed by atoms with van der Waals surface area (Å²) < 4.78 is 21.8. The van der Waals surface area contributed by atoms with Gasteiger partial charge in [0.15, 0.2) is 0 Å². The molecule has 204 valence electrons. The number of alkyl carbamates (subject to hydrolysis) is 1. The molecule has 2 aromatic heterocycles. The van der Waals surface area contributed by atoms with Gasteiger partial charge in [-0.25, -0.2) is 14.2 Å². The Morgan fingerprint density at radius 3 is 2.50 bits per heavy atom. The number of nitrogens with one attached hydrogen (secondary N) is 1. The van der Waals surface area contributed by atoms with Crippen molar-refractivity contribution >= 4 is 11.7 Å². The largest absolute Gasteiger partial charge is 0.444 e. The summed E-state index contributed by atoms with van der Waals surface area (Å²) in [6.07, 6.45) is 13.9. The van der Waals surface area contributed by atoms with Gasteiger partial charge in [0.25, 0.3) is 0 Å². The fourth-order valence-corrected chi connectivity index (χ4v) is 5.78. The van der Waals surface area contributed by atoms with E-state index < -0.39 is 11.1 Å². The molecule has 40 heavy (non-hydrogen) atoms. The lowest BCUT2D eigenvalue weighted by atomic mass is 9.71. The molecule has 0 aliphatic heterocycles. The monoisotopic (exact) mass is 535 g/mol. The van der Waals surface area contributed by atoms with Crippen molar-refractivity contribution in [2.45, 2.75) is 63.5 Å². The van der Waals surface area contributed by atoms with Crippen LogP contribution in [0.1, 0.15) is 63.6 Å². The number of carbonyl (C=O) groups is 1. The lowest BCUT2D eigenvalue weighted by Gasteiger charge is -2.43. The number of pyridine rings is 1. The van der Waals surface area contributed by atoms with Gasteiger partial charge in [0.05, 0.1) is 16.9 Å². The minimum atomic E-state index is -0.550. The maximum absolute atomic E-state index is 14.1. The molecule has 1 saturated carbocycles. The van der Waals surface area contributed by atoms with Gasteiger partial charge in [0.1, 0.15) is 17.1 Å². The van der Waals surface area contributed by atoms with Gasteiger partial charge in [-0.15, -0.1) is 0 Å². The number of ether oxygens (including phenoxy) is 1. The Hall–Kier alpha value is -4.19. The van der Waals surface area contributed by atoms with Crippen LogP contribution >= 0.6 is 0 Å². The zero-order valence-electron chi connectivity index (χ0n) is 23.2. The summed E-state index contributed by atoms with van der Waals surface area (Å²) in [5.41, 5.74) is 5.60. The van der Waals surface area contributed by atoms with E-state index in [2.05, 4.69) is 58.3 Å². The van der Waals surface area contributed by atoms with Gasteiger partial charge < -0.3 is 14.5 Å². The van der Waals surface area contributed by atoms with Crippen LogP contribution in [-0.2, 0) is 10.3 Å². The van der Waals surface area contributed by atoms with Crippen LogP contribution in [0.25, 0.3) is 28.0 Å². The molecule has 2 aliphatic carbocycles. The van der Waals surface area contributed by atoms with E-state index in [-0.39, 0.29) is 17.8 Å². The second kappa shape index (κ2) is 10.1. The summed E-state index contributed by atoms with van der Waals surface area (Å²) in [5.74, 6) is -0.114. The number of imidazole rings is 1. The highest BCUT2D eigenvalue weighted by molar-refractivity contribution is 5.81. The molecule has 0 spiro atoms. The number of carbonyl (C=O) groups excluding carboxylic acids is 1. The third-order valence-electron chi connectivity index (χ3n) is 7.81. The van der Waals surface area contributed by atoms with Gasteiger partial charge in [-0.1, -0.05) is 60.7 Å². The molecule has 1 amide bonds. The second-order valence-electron chi connectivity index (χ2n) is 11.8. The maximum Gasteiger partial charge on any atom is 0.408 e. The number of rotatable bonds is 5. The summed E-state index contributed by atoms with van der Waals surface area (Å²) >= 11 is 0. The molecule has 0 saturated heterocycles. The quantitative estimate of drug-likeness (QED) is 0.280. The van der Waals surface area contributed by atoms with Gasteiger partial charge in [-0.3, -0.25) is 0 Å². The SMILES string of the molecule is CC(C)(C)OC(=O)NC1(c2ccc(-c3nc4c(-c5cccc(F)c5)cccn4c3C3C=CC=CC3)cc2)CCC1.